The Labute approximate surface area is 150 Å². The van der Waals surface area contributed by atoms with E-state index in [9.17, 15) is 32.9 Å². The maximum absolute atomic E-state index is 13.7. The molecular formula is C17H12F3N3O4. The normalized spacial score (nSPS) is 16.5. The Morgan fingerprint density at radius 2 is 1.93 bits per heavy atom. The average molecular weight is 379 g/mol. The first-order valence-corrected chi connectivity index (χ1v) is 7.77. The van der Waals surface area contributed by atoms with Crippen molar-refractivity contribution in [2.24, 2.45) is 5.92 Å². The highest BCUT2D eigenvalue weighted by atomic mass is 19.2. The second kappa shape index (κ2) is 7.06. The van der Waals surface area contributed by atoms with Gasteiger partial charge >= 0.3 is 5.69 Å². The molecule has 27 heavy (non-hydrogen) atoms. The lowest BCUT2D eigenvalue weighted by Crippen LogP contribution is -2.28. The van der Waals surface area contributed by atoms with E-state index in [-0.39, 0.29) is 24.3 Å². The fourth-order valence-corrected chi connectivity index (χ4v) is 2.78. The minimum Gasteiger partial charge on any atom is -0.323 e. The fourth-order valence-electron chi connectivity index (χ4n) is 2.78. The van der Waals surface area contributed by atoms with Crippen LogP contribution in [-0.4, -0.2) is 23.3 Å². The third-order valence-electron chi connectivity index (χ3n) is 4.14. The predicted octanol–water partition coefficient (Wildman–Crippen LogP) is 3.00. The highest BCUT2D eigenvalue weighted by Gasteiger charge is 2.36. The molecule has 0 bridgehead atoms. The van der Waals surface area contributed by atoms with Crippen LogP contribution in [0.5, 0.6) is 0 Å². The van der Waals surface area contributed by atoms with Gasteiger partial charge in [-0.1, -0.05) is 6.07 Å². The largest absolute Gasteiger partial charge is 0.323 e. The van der Waals surface area contributed by atoms with E-state index in [0.29, 0.717) is 0 Å². The summed E-state index contributed by atoms with van der Waals surface area (Å²) in [6, 6.07) is 6.24. The molecule has 1 saturated heterocycles. The number of rotatable bonds is 4. The standard InChI is InChI=1S/C17H12F3N3O4/c18-11-5-4-10(7-14(11)23(26)27)22-8-9(6-15(22)24)17(25)21-13-3-1-2-12(19)16(13)20/h1-5,7,9H,6,8H2,(H,21,25). The van der Waals surface area contributed by atoms with Gasteiger partial charge in [-0.05, 0) is 24.3 Å². The molecular weight excluding hydrogens is 367 g/mol. The van der Waals surface area contributed by atoms with E-state index in [1.807, 2.05) is 0 Å². The molecule has 2 aromatic carbocycles. The van der Waals surface area contributed by atoms with E-state index in [1.54, 1.807) is 0 Å². The number of carbonyl (C=O) groups excluding carboxylic acids is 2. The maximum atomic E-state index is 13.7. The molecule has 1 fully saturated rings. The lowest BCUT2D eigenvalue weighted by atomic mass is 10.1. The van der Waals surface area contributed by atoms with Crippen LogP contribution in [0.4, 0.5) is 30.2 Å². The second-order valence-corrected chi connectivity index (χ2v) is 5.89. The topological polar surface area (TPSA) is 92.6 Å². The molecule has 0 radical (unpaired) electrons. The summed E-state index contributed by atoms with van der Waals surface area (Å²) in [4.78, 5) is 35.5. The molecule has 0 aromatic heterocycles. The first kappa shape index (κ1) is 18.4. The van der Waals surface area contributed by atoms with Gasteiger partial charge in [-0.3, -0.25) is 19.7 Å². The summed E-state index contributed by atoms with van der Waals surface area (Å²) in [6.07, 6.45) is -0.228. The quantitative estimate of drug-likeness (QED) is 0.653. The second-order valence-electron chi connectivity index (χ2n) is 5.89. The van der Waals surface area contributed by atoms with Crippen LogP contribution < -0.4 is 10.2 Å². The van der Waals surface area contributed by atoms with Crippen molar-refractivity contribution in [3.8, 4) is 0 Å². The number of nitro benzene ring substituents is 1. The van der Waals surface area contributed by atoms with Gasteiger partial charge < -0.3 is 10.2 Å². The van der Waals surface area contributed by atoms with Gasteiger partial charge in [-0.25, -0.2) is 8.78 Å². The molecule has 1 unspecified atom stereocenters. The maximum Gasteiger partial charge on any atom is 0.306 e. The molecule has 2 aromatic rings. The molecule has 0 spiro atoms. The number of hydrogen-bond acceptors (Lipinski definition) is 4. The minimum atomic E-state index is -1.22. The van der Waals surface area contributed by atoms with Crippen LogP contribution in [0.3, 0.4) is 0 Å². The van der Waals surface area contributed by atoms with Crippen LogP contribution in [0, 0.1) is 33.5 Å². The van der Waals surface area contributed by atoms with Crippen molar-refractivity contribution in [3.05, 3.63) is 64.0 Å². The fraction of sp³-hybridized carbons (Fsp3) is 0.176. The van der Waals surface area contributed by atoms with Gasteiger partial charge in [-0.2, -0.15) is 4.39 Å². The zero-order valence-corrected chi connectivity index (χ0v) is 13.6. The van der Waals surface area contributed by atoms with Gasteiger partial charge in [0.05, 0.1) is 22.2 Å². The smallest absolute Gasteiger partial charge is 0.306 e. The van der Waals surface area contributed by atoms with Crippen LogP contribution in [-0.2, 0) is 9.59 Å². The molecule has 1 heterocycles. The number of nitro groups is 1. The van der Waals surface area contributed by atoms with E-state index < -0.39 is 45.8 Å². The molecule has 2 amide bonds. The van der Waals surface area contributed by atoms with E-state index in [4.69, 9.17) is 0 Å². The van der Waals surface area contributed by atoms with Crippen LogP contribution >= 0.6 is 0 Å². The Hall–Kier alpha value is -3.43. The number of halogens is 3. The Kier molecular flexibility index (Phi) is 4.80. The van der Waals surface area contributed by atoms with Gasteiger partial charge in [-0.15, -0.1) is 0 Å². The number of amides is 2. The van der Waals surface area contributed by atoms with E-state index in [1.165, 1.54) is 18.2 Å². The number of hydrogen-bond donors (Lipinski definition) is 1. The van der Waals surface area contributed by atoms with Crippen molar-refractivity contribution in [1.29, 1.82) is 0 Å². The summed E-state index contributed by atoms with van der Waals surface area (Å²) < 4.78 is 40.3. The molecule has 1 aliphatic rings. The Balaban J connectivity index is 1.77. The van der Waals surface area contributed by atoms with Gasteiger partial charge in [0, 0.05) is 19.0 Å². The number of carbonyl (C=O) groups is 2. The first-order valence-electron chi connectivity index (χ1n) is 7.77. The molecule has 1 aliphatic heterocycles. The Morgan fingerprint density at radius 1 is 1.19 bits per heavy atom. The third-order valence-corrected chi connectivity index (χ3v) is 4.14. The van der Waals surface area contributed by atoms with Gasteiger partial charge in [0.1, 0.15) is 0 Å². The summed E-state index contributed by atoms with van der Waals surface area (Å²) in [7, 11) is 0. The summed E-state index contributed by atoms with van der Waals surface area (Å²) in [5.74, 6) is -5.49. The molecule has 7 nitrogen and oxygen atoms in total. The van der Waals surface area contributed by atoms with Crippen molar-refractivity contribution in [3.63, 3.8) is 0 Å². The van der Waals surface area contributed by atoms with Crippen molar-refractivity contribution in [1.82, 2.24) is 0 Å². The van der Waals surface area contributed by atoms with E-state index in [2.05, 4.69) is 5.32 Å². The molecule has 0 aliphatic carbocycles. The van der Waals surface area contributed by atoms with Crippen molar-refractivity contribution >= 4 is 28.9 Å². The summed E-state index contributed by atoms with van der Waals surface area (Å²) in [6.45, 7) is -0.135. The average Bonchev–Trinajstić information content (AvgIpc) is 3.01. The first-order chi connectivity index (χ1) is 12.8. The highest BCUT2D eigenvalue weighted by Crippen LogP contribution is 2.30. The molecule has 1 atom stereocenters. The monoisotopic (exact) mass is 379 g/mol. The lowest BCUT2D eigenvalue weighted by Gasteiger charge is -2.16. The van der Waals surface area contributed by atoms with Crippen molar-refractivity contribution < 1.29 is 27.7 Å². The zero-order chi connectivity index (χ0) is 19.7. The zero-order valence-electron chi connectivity index (χ0n) is 13.6. The summed E-state index contributed by atoms with van der Waals surface area (Å²) >= 11 is 0. The number of nitrogens with one attached hydrogen (secondary N) is 1. The molecule has 3 rings (SSSR count). The molecule has 0 saturated carbocycles. The van der Waals surface area contributed by atoms with Crippen LogP contribution in [0.15, 0.2) is 36.4 Å². The summed E-state index contributed by atoms with van der Waals surface area (Å²) in [5, 5.41) is 13.1. The summed E-state index contributed by atoms with van der Waals surface area (Å²) in [5.41, 5.74) is -1.08. The van der Waals surface area contributed by atoms with Crippen molar-refractivity contribution in [2.75, 3.05) is 16.8 Å². The lowest BCUT2D eigenvalue weighted by molar-refractivity contribution is -0.387. The van der Waals surface area contributed by atoms with Crippen molar-refractivity contribution in [2.45, 2.75) is 6.42 Å². The minimum absolute atomic E-state index is 0.0698. The van der Waals surface area contributed by atoms with E-state index >= 15 is 0 Å². The van der Waals surface area contributed by atoms with E-state index in [0.717, 1.165) is 23.1 Å². The number of nitrogens with zero attached hydrogens (tertiary/aromatic N) is 2. The van der Waals surface area contributed by atoms with Crippen LogP contribution in [0.25, 0.3) is 0 Å². The Bertz CT molecular complexity index is 951. The molecule has 140 valence electrons. The Morgan fingerprint density at radius 3 is 2.63 bits per heavy atom. The molecule has 10 heteroatoms. The predicted molar refractivity (Wildman–Crippen MR) is 88.5 cm³/mol. The van der Waals surface area contributed by atoms with Gasteiger partial charge in [0.15, 0.2) is 11.6 Å². The van der Waals surface area contributed by atoms with Crippen LogP contribution in [0.1, 0.15) is 6.42 Å². The van der Waals surface area contributed by atoms with Crippen LogP contribution in [0.2, 0.25) is 0 Å². The molecule has 1 N–H and O–H groups in total. The van der Waals surface area contributed by atoms with Gasteiger partial charge in [0.2, 0.25) is 17.6 Å². The third kappa shape index (κ3) is 3.59. The number of anilines is 2. The van der Waals surface area contributed by atoms with Gasteiger partial charge in [0.25, 0.3) is 0 Å². The number of benzene rings is 2. The SMILES string of the molecule is O=C(Nc1cccc(F)c1F)C1CC(=O)N(c2ccc(F)c([N+](=O)[O-])c2)C1. The highest BCUT2D eigenvalue weighted by molar-refractivity contribution is 6.03.